The molecule has 0 unspecified atom stereocenters. The van der Waals surface area contributed by atoms with E-state index < -0.39 is 10.0 Å². The zero-order valence-electron chi connectivity index (χ0n) is 13.7. The molecule has 132 valence electrons. The number of nitrogens with one attached hydrogen (secondary N) is 2. The van der Waals surface area contributed by atoms with E-state index in [2.05, 4.69) is 10.0 Å². The van der Waals surface area contributed by atoms with Crippen molar-refractivity contribution in [3.8, 4) is 0 Å². The maximum absolute atomic E-state index is 11.8. The van der Waals surface area contributed by atoms with Crippen LogP contribution in [0, 0.1) is 0 Å². The van der Waals surface area contributed by atoms with Crippen molar-refractivity contribution in [3.63, 3.8) is 0 Å². The molecule has 0 radical (unpaired) electrons. The van der Waals surface area contributed by atoms with E-state index in [9.17, 15) is 13.2 Å². The van der Waals surface area contributed by atoms with Crippen molar-refractivity contribution in [3.05, 3.63) is 70.8 Å². The van der Waals surface area contributed by atoms with Gasteiger partial charge >= 0.3 is 0 Å². The van der Waals surface area contributed by atoms with E-state index in [1.807, 2.05) is 24.3 Å². The first-order valence-corrected chi connectivity index (χ1v) is 9.87. The monoisotopic (exact) mass is 378 g/mol. The molecule has 0 aliphatic heterocycles. The molecule has 0 aliphatic rings. The molecule has 0 fully saturated rings. The maximum atomic E-state index is 11.8. The lowest BCUT2D eigenvalue weighted by Gasteiger charge is -2.04. The molecule has 0 heterocycles. The molecular formula is C18H19ClN2O3S. The minimum atomic E-state index is -3.29. The van der Waals surface area contributed by atoms with Crippen LogP contribution in [0.4, 0.5) is 5.69 Å². The van der Waals surface area contributed by atoms with Crippen molar-refractivity contribution < 1.29 is 13.2 Å². The fourth-order valence-corrected chi connectivity index (χ4v) is 2.78. The molecule has 2 N–H and O–H groups in total. The Hall–Kier alpha value is -2.31. The Morgan fingerprint density at radius 1 is 1.08 bits per heavy atom. The van der Waals surface area contributed by atoms with Crippen LogP contribution in [0.5, 0.6) is 0 Å². The SMILES string of the molecule is CS(=O)(=O)Nc1ccc(C=CC(=O)NCCc2ccc(Cl)cc2)cc1. The summed E-state index contributed by atoms with van der Waals surface area (Å²) in [6.45, 7) is 0.530. The molecule has 0 aliphatic carbocycles. The van der Waals surface area contributed by atoms with Crippen LogP contribution in [-0.4, -0.2) is 27.1 Å². The predicted octanol–water partition coefficient (Wildman–Crippen LogP) is 3.08. The van der Waals surface area contributed by atoms with Gasteiger partial charge in [0.2, 0.25) is 15.9 Å². The van der Waals surface area contributed by atoms with Gasteiger partial charge in [-0.3, -0.25) is 9.52 Å². The van der Waals surface area contributed by atoms with Crippen LogP contribution in [0.2, 0.25) is 5.02 Å². The average molecular weight is 379 g/mol. The second kappa shape index (κ2) is 8.69. The molecule has 1 amide bonds. The first-order valence-electron chi connectivity index (χ1n) is 7.60. The lowest BCUT2D eigenvalue weighted by molar-refractivity contribution is -0.116. The summed E-state index contributed by atoms with van der Waals surface area (Å²) in [6.07, 6.45) is 4.93. The summed E-state index contributed by atoms with van der Waals surface area (Å²) in [4.78, 5) is 11.8. The Morgan fingerprint density at radius 2 is 1.72 bits per heavy atom. The molecule has 0 aromatic heterocycles. The van der Waals surface area contributed by atoms with Gasteiger partial charge in [-0.2, -0.15) is 0 Å². The zero-order valence-corrected chi connectivity index (χ0v) is 15.3. The Kier molecular flexibility index (Phi) is 6.61. The van der Waals surface area contributed by atoms with Crippen molar-refractivity contribution >= 4 is 39.3 Å². The highest BCUT2D eigenvalue weighted by molar-refractivity contribution is 7.92. The number of hydrogen-bond donors (Lipinski definition) is 2. The van der Waals surface area contributed by atoms with Gasteiger partial charge < -0.3 is 5.32 Å². The number of benzene rings is 2. The Balaban J connectivity index is 1.80. The van der Waals surface area contributed by atoms with Crippen molar-refractivity contribution in [1.82, 2.24) is 5.32 Å². The van der Waals surface area contributed by atoms with E-state index in [-0.39, 0.29) is 5.91 Å². The van der Waals surface area contributed by atoms with Gasteiger partial charge in [0.15, 0.2) is 0 Å². The van der Waals surface area contributed by atoms with E-state index in [0.29, 0.717) is 17.3 Å². The topological polar surface area (TPSA) is 75.3 Å². The Morgan fingerprint density at radius 3 is 2.32 bits per heavy atom. The molecule has 0 saturated carbocycles. The first kappa shape index (κ1) is 19.0. The van der Waals surface area contributed by atoms with Gasteiger partial charge in [0.25, 0.3) is 0 Å². The molecule has 0 saturated heterocycles. The smallest absolute Gasteiger partial charge is 0.244 e. The number of carbonyl (C=O) groups is 1. The number of sulfonamides is 1. The normalized spacial score (nSPS) is 11.4. The van der Waals surface area contributed by atoms with Gasteiger partial charge in [-0.15, -0.1) is 0 Å². The number of rotatable bonds is 7. The van der Waals surface area contributed by atoms with E-state index >= 15 is 0 Å². The number of carbonyl (C=O) groups excluding carboxylic acids is 1. The molecular weight excluding hydrogens is 360 g/mol. The summed E-state index contributed by atoms with van der Waals surface area (Å²) in [7, 11) is -3.29. The van der Waals surface area contributed by atoms with Crippen molar-refractivity contribution in [1.29, 1.82) is 0 Å². The fraction of sp³-hybridized carbons (Fsp3) is 0.167. The molecule has 0 spiro atoms. The Labute approximate surface area is 152 Å². The molecule has 5 nitrogen and oxygen atoms in total. The summed E-state index contributed by atoms with van der Waals surface area (Å²) >= 11 is 5.82. The Bertz CT molecular complexity index is 845. The number of hydrogen-bond acceptors (Lipinski definition) is 3. The van der Waals surface area contributed by atoms with E-state index in [1.54, 1.807) is 30.3 Å². The van der Waals surface area contributed by atoms with Crippen LogP contribution in [0.15, 0.2) is 54.6 Å². The van der Waals surface area contributed by atoms with Crippen LogP contribution < -0.4 is 10.0 Å². The van der Waals surface area contributed by atoms with Gasteiger partial charge in [0.05, 0.1) is 6.26 Å². The quantitative estimate of drug-likeness (QED) is 0.727. The lowest BCUT2D eigenvalue weighted by atomic mass is 10.1. The summed E-state index contributed by atoms with van der Waals surface area (Å²) < 4.78 is 24.7. The van der Waals surface area contributed by atoms with Crippen molar-refractivity contribution in [2.24, 2.45) is 0 Å². The second-order valence-electron chi connectivity index (χ2n) is 5.50. The summed E-state index contributed by atoms with van der Waals surface area (Å²) in [5.74, 6) is -0.188. The highest BCUT2D eigenvalue weighted by atomic mass is 35.5. The number of anilines is 1. The largest absolute Gasteiger partial charge is 0.352 e. The third kappa shape index (κ3) is 7.41. The summed E-state index contributed by atoms with van der Waals surface area (Å²) in [5, 5.41) is 3.50. The summed E-state index contributed by atoms with van der Waals surface area (Å²) in [6, 6.07) is 14.2. The predicted molar refractivity (Wildman–Crippen MR) is 102 cm³/mol. The summed E-state index contributed by atoms with van der Waals surface area (Å²) in [5.41, 5.74) is 2.38. The van der Waals surface area contributed by atoms with Gasteiger partial charge in [0.1, 0.15) is 0 Å². The minimum absolute atomic E-state index is 0.188. The highest BCUT2D eigenvalue weighted by Crippen LogP contribution is 2.12. The third-order valence-corrected chi connectivity index (χ3v) is 4.13. The molecule has 25 heavy (non-hydrogen) atoms. The van der Waals surface area contributed by atoms with Gasteiger partial charge in [-0.25, -0.2) is 8.42 Å². The van der Waals surface area contributed by atoms with Crippen LogP contribution in [0.3, 0.4) is 0 Å². The van der Waals surface area contributed by atoms with E-state index in [0.717, 1.165) is 23.8 Å². The van der Waals surface area contributed by atoms with E-state index in [4.69, 9.17) is 11.6 Å². The molecule has 2 aromatic carbocycles. The van der Waals surface area contributed by atoms with Crippen molar-refractivity contribution in [2.75, 3.05) is 17.5 Å². The molecule has 7 heteroatoms. The van der Waals surface area contributed by atoms with Gasteiger partial charge in [-0.1, -0.05) is 35.9 Å². The number of amides is 1. The van der Waals surface area contributed by atoms with Crippen molar-refractivity contribution in [2.45, 2.75) is 6.42 Å². The standard InChI is InChI=1S/C18H19ClN2O3S/c1-25(23,24)21-17-9-4-14(5-10-17)6-11-18(22)20-13-12-15-2-7-16(19)8-3-15/h2-11,21H,12-13H2,1H3,(H,20,22). The van der Waals surface area contributed by atoms with Crippen LogP contribution in [-0.2, 0) is 21.2 Å². The van der Waals surface area contributed by atoms with E-state index in [1.165, 1.54) is 6.08 Å². The molecule has 2 aromatic rings. The lowest BCUT2D eigenvalue weighted by Crippen LogP contribution is -2.23. The van der Waals surface area contributed by atoms with Gasteiger partial charge in [-0.05, 0) is 47.9 Å². The second-order valence-corrected chi connectivity index (χ2v) is 7.68. The van der Waals surface area contributed by atoms with Gasteiger partial charge in [0, 0.05) is 23.3 Å². The fourth-order valence-electron chi connectivity index (χ4n) is 2.09. The zero-order chi connectivity index (χ0) is 18.3. The molecule has 0 bridgehead atoms. The third-order valence-electron chi connectivity index (χ3n) is 3.27. The van der Waals surface area contributed by atoms with Crippen LogP contribution in [0.25, 0.3) is 6.08 Å². The molecule has 0 atom stereocenters. The number of halogens is 1. The van der Waals surface area contributed by atoms with Crippen LogP contribution in [0.1, 0.15) is 11.1 Å². The first-order chi connectivity index (χ1) is 11.8. The van der Waals surface area contributed by atoms with Crippen LogP contribution >= 0.6 is 11.6 Å². The molecule has 2 rings (SSSR count). The average Bonchev–Trinajstić information content (AvgIpc) is 2.55. The maximum Gasteiger partial charge on any atom is 0.244 e. The minimum Gasteiger partial charge on any atom is -0.352 e. The highest BCUT2D eigenvalue weighted by Gasteiger charge is 2.01.